The number of sulfonamides is 1. The highest BCUT2D eigenvalue weighted by Gasteiger charge is 2.28. The number of nitrogens with one attached hydrogen (secondary N) is 1. The lowest BCUT2D eigenvalue weighted by Crippen LogP contribution is -2.28. The number of hydrogen-bond donors (Lipinski definition) is 1. The number of rotatable bonds is 7. The van der Waals surface area contributed by atoms with Gasteiger partial charge in [0, 0.05) is 49.2 Å². The van der Waals surface area contributed by atoms with Crippen molar-refractivity contribution >= 4 is 10.0 Å². The highest BCUT2D eigenvalue weighted by molar-refractivity contribution is 7.89. The molecule has 6 nitrogen and oxygen atoms in total. The molecule has 7 heteroatoms. The van der Waals surface area contributed by atoms with E-state index in [0.29, 0.717) is 11.8 Å². The molecule has 0 radical (unpaired) electrons. The molecule has 1 aliphatic rings. The standard InChI is InChI=1S/C30H41N3O3S/c1-30(2,3)26-20-24(37(34,35)32(4)5)19-25(29(26)36-6)27-17-16-23(31-27)21-33-18-12-8-11-15-28(33)22-13-9-7-10-14-22/h7,9-10,13-14,16-17,19-20,28,31H,8,11-12,15,18,21H2,1-6H3. The minimum atomic E-state index is -3.62. The molecule has 1 saturated heterocycles. The van der Waals surface area contributed by atoms with Crippen molar-refractivity contribution in [1.29, 1.82) is 0 Å². The van der Waals surface area contributed by atoms with Gasteiger partial charge in [0.15, 0.2) is 0 Å². The third kappa shape index (κ3) is 5.95. The third-order valence-electron chi connectivity index (χ3n) is 7.31. The average Bonchev–Trinajstić information content (AvgIpc) is 3.20. The molecule has 37 heavy (non-hydrogen) atoms. The lowest BCUT2D eigenvalue weighted by molar-refractivity contribution is 0.190. The molecule has 0 saturated carbocycles. The smallest absolute Gasteiger partial charge is 0.242 e. The monoisotopic (exact) mass is 523 g/mol. The molecule has 1 atom stereocenters. The van der Waals surface area contributed by atoms with Crippen LogP contribution in [0, 0.1) is 0 Å². The first-order valence-electron chi connectivity index (χ1n) is 13.1. The second kappa shape index (κ2) is 11.0. The van der Waals surface area contributed by atoms with Gasteiger partial charge in [0.1, 0.15) is 5.75 Å². The van der Waals surface area contributed by atoms with Crippen LogP contribution in [0.25, 0.3) is 11.3 Å². The molecule has 1 unspecified atom stereocenters. The highest BCUT2D eigenvalue weighted by Crippen LogP contribution is 2.41. The van der Waals surface area contributed by atoms with Gasteiger partial charge in [-0.3, -0.25) is 4.90 Å². The van der Waals surface area contributed by atoms with Gasteiger partial charge in [-0.15, -0.1) is 0 Å². The second-order valence-corrected chi connectivity index (χ2v) is 13.4. The molecule has 0 bridgehead atoms. The first-order chi connectivity index (χ1) is 17.5. The van der Waals surface area contributed by atoms with Crippen LogP contribution in [0.3, 0.4) is 0 Å². The van der Waals surface area contributed by atoms with Crippen molar-refractivity contribution in [1.82, 2.24) is 14.2 Å². The number of aromatic amines is 1. The average molecular weight is 524 g/mol. The number of benzene rings is 2. The summed E-state index contributed by atoms with van der Waals surface area (Å²) in [7, 11) is 1.16. The van der Waals surface area contributed by atoms with Gasteiger partial charge < -0.3 is 9.72 Å². The Balaban J connectivity index is 1.73. The van der Waals surface area contributed by atoms with Crippen LogP contribution in [0.4, 0.5) is 0 Å². The number of nitrogens with zero attached hydrogens (tertiary/aromatic N) is 2. The Hall–Kier alpha value is -2.61. The SMILES string of the molecule is COc1c(-c2ccc(CN3CCCCCC3c3ccccc3)[nH]2)cc(S(=O)(=O)N(C)C)cc1C(C)(C)C. The van der Waals surface area contributed by atoms with Crippen LogP contribution in [0.15, 0.2) is 59.5 Å². The van der Waals surface area contributed by atoms with Gasteiger partial charge in [0.2, 0.25) is 10.0 Å². The Kier molecular flexibility index (Phi) is 8.17. The molecule has 3 aromatic rings. The van der Waals surface area contributed by atoms with E-state index >= 15 is 0 Å². The number of hydrogen-bond acceptors (Lipinski definition) is 4. The van der Waals surface area contributed by atoms with E-state index in [9.17, 15) is 8.42 Å². The van der Waals surface area contributed by atoms with Crippen molar-refractivity contribution in [2.75, 3.05) is 27.7 Å². The van der Waals surface area contributed by atoms with Crippen molar-refractivity contribution in [3.63, 3.8) is 0 Å². The highest BCUT2D eigenvalue weighted by atomic mass is 32.2. The van der Waals surface area contributed by atoms with Crippen molar-refractivity contribution in [2.45, 2.75) is 69.4 Å². The number of methoxy groups -OCH3 is 1. The Labute approximate surface area is 222 Å². The van der Waals surface area contributed by atoms with Crippen LogP contribution < -0.4 is 4.74 Å². The Morgan fingerprint density at radius 1 is 1.03 bits per heavy atom. The Bertz CT molecular complexity index is 1310. The molecule has 0 aliphatic carbocycles. The Morgan fingerprint density at radius 3 is 2.41 bits per heavy atom. The molecule has 2 heterocycles. The summed E-state index contributed by atoms with van der Waals surface area (Å²) in [5, 5.41) is 0. The van der Waals surface area contributed by atoms with Crippen LogP contribution in [-0.4, -0.2) is 50.4 Å². The quantitative estimate of drug-likeness (QED) is 0.392. The Morgan fingerprint density at radius 2 is 1.76 bits per heavy atom. The summed E-state index contributed by atoms with van der Waals surface area (Å²) in [6, 6.07) is 18.8. The summed E-state index contributed by atoms with van der Waals surface area (Å²) in [6.45, 7) is 8.09. The summed E-state index contributed by atoms with van der Waals surface area (Å²) in [5.74, 6) is 0.704. The number of aromatic nitrogens is 1. The van der Waals surface area contributed by atoms with Crippen LogP contribution in [-0.2, 0) is 22.0 Å². The van der Waals surface area contributed by atoms with Gasteiger partial charge in [-0.2, -0.15) is 0 Å². The maximum atomic E-state index is 13.1. The van der Waals surface area contributed by atoms with E-state index in [1.807, 2.05) is 6.07 Å². The lowest BCUT2D eigenvalue weighted by Gasteiger charge is -2.30. The topological polar surface area (TPSA) is 65.6 Å². The minimum Gasteiger partial charge on any atom is -0.496 e. The predicted molar refractivity (Wildman–Crippen MR) is 150 cm³/mol. The largest absolute Gasteiger partial charge is 0.496 e. The molecular formula is C30H41N3O3S. The molecule has 1 aromatic heterocycles. The zero-order valence-electron chi connectivity index (χ0n) is 23.0. The van der Waals surface area contributed by atoms with E-state index in [1.165, 1.54) is 29.1 Å². The van der Waals surface area contributed by atoms with Crippen LogP contribution in [0.2, 0.25) is 0 Å². The van der Waals surface area contributed by atoms with Crippen molar-refractivity contribution < 1.29 is 13.2 Å². The molecule has 1 fully saturated rings. The van der Waals surface area contributed by atoms with E-state index in [1.54, 1.807) is 33.3 Å². The van der Waals surface area contributed by atoms with Crippen LogP contribution >= 0.6 is 0 Å². The third-order valence-corrected chi connectivity index (χ3v) is 9.10. The molecule has 1 N–H and O–H groups in total. The first-order valence-corrected chi connectivity index (χ1v) is 14.6. The van der Waals surface area contributed by atoms with E-state index in [2.05, 4.69) is 67.1 Å². The van der Waals surface area contributed by atoms with E-state index in [0.717, 1.165) is 42.0 Å². The van der Waals surface area contributed by atoms with E-state index < -0.39 is 10.0 Å². The molecule has 0 amide bonds. The van der Waals surface area contributed by atoms with Crippen molar-refractivity contribution in [3.05, 3.63) is 71.4 Å². The fourth-order valence-electron chi connectivity index (χ4n) is 5.26. The lowest BCUT2D eigenvalue weighted by atomic mass is 9.85. The van der Waals surface area contributed by atoms with Gasteiger partial charge in [0.05, 0.1) is 12.0 Å². The van der Waals surface area contributed by atoms with E-state index in [4.69, 9.17) is 4.74 Å². The molecule has 2 aromatic carbocycles. The zero-order valence-corrected chi connectivity index (χ0v) is 23.9. The fourth-order valence-corrected chi connectivity index (χ4v) is 6.21. The molecular weight excluding hydrogens is 482 g/mol. The van der Waals surface area contributed by atoms with Crippen LogP contribution in [0.1, 0.15) is 69.3 Å². The van der Waals surface area contributed by atoms with E-state index in [-0.39, 0.29) is 10.3 Å². The zero-order chi connectivity index (χ0) is 26.8. The number of ether oxygens (including phenoxy) is 1. The number of H-pyrrole nitrogens is 1. The van der Waals surface area contributed by atoms with Crippen LogP contribution in [0.5, 0.6) is 5.75 Å². The molecule has 0 spiro atoms. The van der Waals surface area contributed by atoms with Gasteiger partial charge >= 0.3 is 0 Å². The normalized spacial score (nSPS) is 17.6. The maximum absolute atomic E-state index is 13.1. The predicted octanol–water partition coefficient (Wildman–Crippen LogP) is 6.36. The summed E-state index contributed by atoms with van der Waals surface area (Å²) in [5.41, 5.74) is 4.66. The summed E-state index contributed by atoms with van der Waals surface area (Å²) >= 11 is 0. The second-order valence-electron chi connectivity index (χ2n) is 11.2. The van der Waals surface area contributed by atoms with Gasteiger partial charge in [-0.05, 0) is 54.6 Å². The van der Waals surface area contributed by atoms with Gasteiger partial charge in [-0.1, -0.05) is 63.9 Å². The number of likely N-dealkylation sites (tertiary alicyclic amines) is 1. The first kappa shape index (κ1) is 27.4. The fraction of sp³-hybridized carbons (Fsp3) is 0.467. The van der Waals surface area contributed by atoms with Gasteiger partial charge in [0.25, 0.3) is 0 Å². The molecule has 4 rings (SSSR count). The summed E-state index contributed by atoms with van der Waals surface area (Å²) in [4.78, 5) is 6.44. The maximum Gasteiger partial charge on any atom is 0.242 e. The van der Waals surface area contributed by atoms with Gasteiger partial charge in [-0.25, -0.2) is 12.7 Å². The molecule has 1 aliphatic heterocycles. The van der Waals surface area contributed by atoms with Crippen molar-refractivity contribution in [2.24, 2.45) is 0 Å². The van der Waals surface area contributed by atoms with Crippen molar-refractivity contribution in [3.8, 4) is 17.0 Å². The summed E-state index contributed by atoms with van der Waals surface area (Å²) in [6.07, 6.45) is 4.86. The molecule has 200 valence electrons. The summed E-state index contributed by atoms with van der Waals surface area (Å²) < 4.78 is 33.4. The minimum absolute atomic E-state index is 0.269.